The molecule has 0 radical (unpaired) electrons. The monoisotopic (exact) mass is 275 g/mol. The van der Waals surface area contributed by atoms with Gasteiger partial charge in [0.15, 0.2) is 0 Å². The van der Waals surface area contributed by atoms with E-state index in [2.05, 4.69) is 43.0 Å². The average molecular weight is 275 g/mol. The molecule has 2 atom stereocenters. The molecule has 1 N–H and O–H groups in total. The summed E-state index contributed by atoms with van der Waals surface area (Å²) in [5, 5.41) is 8.93. The van der Waals surface area contributed by atoms with Gasteiger partial charge < -0.3 is 5.11 Å². The number of aryl methyl sites for hydroxylation is 1. The van der Waals surface area contributed by atoms with E-state index in [1.54, 1.807) is 0 Å². The summed E-state index contributed by atoms with van der Waals surface area (Å²) in [6.07, 6.45) is 2.64. The van der Waals surface area contributed by atoms with Crippen LogP contribution in [-0.4, -0.2) is 29.1 Å². The SMILES string of the molecule is Cc1ccc(CN2CCCC(C(C)CC(=O)O)C2)cc1. The Morgan fingerprint density at radius 2 is 2.10 bits per heavy atom. The van der Waals surface area contributed by atoms with Gasteiger partial charge >= 0.3 is 5.97 Å². The summed E-state index contributed by atoms with van der Waals surface area (Å²) in [6.45, 7) is 7.32. The second-order valence-corrected chi connectivity index (χ2v) is 6.20. The van der Waals surface area contributed by atoms with Gasteiger partial charge in [-0.05, 0) is 43.7 Å². The first-order valence-electron chi connectivity index (χ1n) is 7.54. The van der Waals surface area contributed by atoms with Crippen molar-refractivity contribution in [2.45, 2.75) is 39.7 Å². The fourth-order valence-electron chi connectivity index (χ4n) is 3.09. The summed E-state index contributed by atoms with van der Waals surface area (Å²) >= 11 is 0. The average Bonchev–Trinajstić information content (AvgIpc) is 2.41. The Labute approximate surface area is 121 Å². The zero-order valence-electron chi connectivity index (χ0n) is 12.5. The van der Waals surface area contributed by atoms with Crippen LogP contribution in [0.15, 0.2) is 24.3 Å². The maximum Gasteiger partial charge on any atom is 0.303 e. The molecular formula is C17H25NO2. The molecule has 0 amide bonds. The number of nitrogens with zero attached hydrogens (tertiary/aromatic N) is 1. The van der Waals surface area contributed by atoms with Crippen LogP contribution in [0.25, 0.3) is 0 Å². The van der Waals surface area contributed by atoms with Gasteiger partial charge in [-0.3, -0.25) is 9.69 Å². The number of likely N-dealkylation sites (tertiary alicyclic amines) is 1. The minimum absolute atomic E-state index is 0.272. The van der Waals surface area contributed by atoms with Crippen molar-refractivity contribution in [3.05, 3.63) is 35.4 Å². The Balaban J connectivity index is 1.89. The van der Waals surface area contributed by atoms with Crippen LogP contribution in [0.3, 0.4) is 0 Å². The van der Waals surface area contributed by atoms with Crippen LogP contribution in [0, 0.1) is 18.8 Å². The number of benzene rings is 1. The summed E-state index contributed by atoms with van der Waals surface area (Å²) in [5.74, 6) is 0.117. The molecule has 1 heterocycles. The molecule has 1 aromatic rings. The topological polar surface area (TPSA) is 40.5 Å². The molecule has 20 heavy (non-hydrogen) atoms. The molecule has 2 unspecified atom stereocenters. The third-order valence-electron chi connectivity index (χ3n) is 4.37. The Bertz CT molecular complexity index is 441. The van der Waals surface area contributed by atoms with Crippen LogP contribution in [-0.2, 0) is 11.3 Å². The molecule has 3 nitrogen and oxygen atoms in total. The first-order chi connectivity index (χ1) is 9.54. The molecule has 1 aliphatic rings. The fraction of sp³-hybridized carbons (Fsp3) is 0.588. The molecule has 1 aromatic carbocycles. The zero-order chi connectivity index (χ0) is 14.5. The lowest BCUT2D eigenvalue weighted by molar-refractivity contribution is -0.138. The highest BCUT2D eigenvalue weighted by Gasteiger charge is 2.25. The molecule has 3 heteroatoms. The predicted octanol–water partition coefficient (Wildman–Crippen LogP) is 3.32. The number of carbonyl (C=O) groups is 1. The number of piperidine rings is 1. The Morgan fingerprint density at radius 3 is 2.75 bits per heavy atom. The van der Waals surface area contributed by atoms with Crippen LogP contribution < -0.4 is 0 Å². The molecule has 1 aliphatic heterocycles. The van der Waals surface area contributed by atoms with E-state index >= 15 is 0 Å². The van der Waals surface area contributed by atoms with Crippen LogP contribution >= 0.6 is 0 Å². The third-order valence-corrected chi connectivity index (χ3v) is 4.37. The molecule has 0 saturated carbocycles. The highest BCUT2D eigenvalue weighted by atomic mass is 16.4. The van der Waals surface area contributed by atoms with Gasteiger partial charge in [-0.25, -0.2) is 0 Å². The molecule has 0 bridgehead atoms. The highest BCUT2D eigenvalue weighted by molar-refractivity contribution is 5.67. The number of rotatable bonds is 5. The van der Waals surface area contributed by atoms with Crippen LogP contribution in [0.1, 0.15) is 37.3 Å². The van der Waals surface area contributed by atoms with Gasteiger partial charge in [0.1, 0.15) is 0 Å². The van der Waals surface area contributed by atoms with Crippen molar-refractivity contribution in [1.29, 1.82) is 0 Å². The van der Waals surface area contributed by atoms with E-state index < -0.39 is 5.97 Å². The van der Waals surface area contributed by atoms with E-state index in [0.717, 1.165) is 19.6 Å². The van der Waals surface area contributed by atoms with E-state index in [4.69, 9.17) is 5.11 Å². The predicted molar refractivity (Wildman–Crippen MR) is 80.6 cm³/mol. The lowest BCUT2D eigenvalue weighted by Gasteiger charge is -2.35. The number of hydrogen-bond acceptors (Lipinski definition) is 2. The number of carboxylic acids is 1. The molecule has 2 rings (SSSR count). The lowest BCUT2D eigenvalue weighted by Crippen LogP contribution is -2.37. The van der Waals surface area contributed by atoms with Crippen molar-refractivity contribution >= 4 is 5.97 Å². The lowest BCUT2D eigenvalue weighted by atomic mass is 9.84. The van der Waals surface area contributed by atoms with Crippen LogP contribution in [0.4, 0.5) is 0 Å². The summed E-state index contributed by atoms with van der Waals surface area (Å²) in [6, 6.07) is 8.70. The minimum Gasteiger partial charge on any atom is -0.481 e. The highest BCUT2D eigenvalue weighted by Crippen LogP contribution is 2.27. The van der Waals surface area contributed by atoms with E-state index in [1.807, 2.05) is 0 Å². The summed E-state index contributed by atoms with van der Waals surface area (Å²) in [5.41, 5.74) is 2.64. The Hall–Kier alpha value is -1.35. The summed E-state index contributed by atoms with van der Waals surface area (Å²) in [4.78, 5) is 13.3. The van der Waals surface area contributed by atoms with Gasteiger partial charge in [-0.1, -0.05) is 36.8 Å². The Kier molecular flexibility index (Phi) is 5.18. The molecule has 0 aromatic heterocycles. The van der Waals surface area contributed by atoms with Gasteiger partial charge in [0.25, 0.3) is 0 Å². The van der Waals surface area contributed by atoms with Gasteiger partial charge in [0.2, 0.25) is 0 Å². The van der Waals surface area contributed by atoms with E-state index in [1.165, 1.54) is 24.0 Å². The van der Waals surface area contributed by atoms with E-state index in [0.29, 0.717) is 12.3 Å². The zero-order valence-corrected chi connectivity index (χ0v) is 12.5. The maximum absolute atomic E-state index is 10.8. The van der Waals surface area contributed by atoms with Crippen molar-refractivity contribution in [1.82, 2.24) is 4.90 Å². The molecule has 0 aliphatic carbocycles. The van der Waals surface area contributed by atoms with E-state index in [-0.39, 0.29) is 5.92 Å². The normalized spacial score (nSPS) is 21.6. The largest absolute Gasteiger partial charge is 0.481 e. The van der Waals surface area contributed by atoms with Crippen molar-refractivity contribution < 1.29 is 9.90 Å². The minimum atomic E-state index is -0.673. The summed E-state index contributed by atoms with van der Waals surface area (Å²) in [7, 11) is 0. The van der Waals surface area contributed by atoms with Gasteiger partial charge in [0, 0.05) is 19.5 Å². The van der Waals surface area contributed by atoms with E-state index in [9.17, 15) is 4.79 Å². The Morgan fingerprint density at radius 1 is 1.40 bits per heavy atom. The number of carboxylic acid groups (broad SMARTS) is 1. The molecule has 1 saturated heterocycles. The fourth-order valence-corrected chi connectivity index (χ4v) is 3.09. The van der Waals surface area contributed by atoms with Crippen LogP contribution in [0.5, 0.6) is 0 Å². The second kappa shape index (κ2) is 6.89. The molecular weight excluding hydrogens is 250 g/mol. The van der Waals surface area contributed by atoms with Crippen molar-refractivity contribution in [3.63, 3.8) is 0 Å². The molecule has 110 valence electrons. The van der Waals surface area contributed by atoms with Gasteiger partial charge in [-0.15, -0.1) is 0 Å². The van der Waals surface area contributed by atoms with Gasteiger partial charge in [0.05, 0.1) is 0 Å². The third kappa shape index (κ3) is 4.34. The van der Waals surface area contributed by atoms with Crippen molar-refractivity contribution in [2.24, 2.45) is 11.8 Å². The maximum atomic E-state index is 10.8. The second-order valence-electron chi connectivity index (χ2n) is 6.20. The standard InChI is InChI=1S/C17H25NO2/c1-13-5-7-15(8-6-13)11-18-9-3-4-16(12-18)14(2)10-17(19)20/h5-8,14,16H,3-4,9-12H2,1-2H3,(H,19,20). The smallest absolute Gasteiger partial charge is 0.303 e. The van der Waals surface area contributed by atoms with Crippen LogP contribution in [0.2, 0.25) is 0 Å². The number of aliphatic carboxylic acids is 1. The molecule has 1 fully saturated rings. The van der Waals surface area contributed by atoms with Crippen molar-refractivity contribution in [3.8, 4) is 0 Å². The molecule has 0 spiro atoms. The first-order valence-corrected chi connectivity index (χ1v) is 7.54. The summed E-state index contributed by atoms with van der Waals surface area (Å²) < 4.78 is 0. The quantitative estimate of drug-likeness (QED) is 0.896. The van der Waals surface area contributed by atoms with Gasteiger partial charge in [-0.2, -0.15) is 0 Å². The number of hydrogen-bond donors (Lipinski definition) is 1. The van der Waals surface area contributed by atoms with Crippen molar-refractivity contribution in [2.75, 3.05) is 13.1 Å². The first kappa shape index (κ1) is 15.0.